The van der Waals surface area contributed by atoms with E-state index in [4.69, 9.17) is 9.47 Å². The highest BCUT2D eigenvalue weighted by Crippen LogP contribution is 2.32. The third kappa shape index (κ3) is 6.86. The Kier molecular flexibility index (Phi) is 9.97. The molecule has 8 nitrogen and oxygen atoms in total. The molecule has 0 aliphatic heterocycles. The van der Waals surface area contributed by atoms with Gasteiger partial charge in [0.05, 0.1) is 26.3 Å². The van der Waals surface area contributed by atoms with Crippen molar-refractivity contribution in [3.63, 3.8) is 0 Å². The van der Waals surface area contributed by atoms with Crippen molar-refractivity contribution in [1.82, 2.24) is 4.90 Å². The molecule has 0 atom stereocenters. The molecular weight excluding hydrogens is 580 g/mol. The number of fused-ring (bicyclic) bond motifs is 1. The third-order valence-electron chi connectivity index (χ3n) is 8.06. The summed E-state index contributed by atoms with van der Waals surface area (Å²) in [4.78, 5) is 43.1. The number of hydrogen-bond donors (Lipinski definition) is 1. The lowest BCUT2D eigenvalue weighted by atomic mass is 9.93. The van der Waals surface area contributed by atoms with Crippen LogP contribution < -0.4 is 14.4 Å². The lowest BCUT2D eigenvalue weighted by molar-refractivity contribution is -0.137. The molecule has 0 aliphatic carbocycles. The minimum atomic E-state index is -1.00. The molecule has 0 heterocycles. The number of benzene rings is 5. The van der Waals surface area contributed by atoms with Crippen LogP contribution in [0.3, 0.4) is 0 Å². The number of anilines is 1. The second-order valence-electron chi connectivity index (χ2n) is 10.8. The Balaban J connectivity index is 1.49. The summed E-state index contributed by atoms with van der Waals surface area (Å²) in [7, 11) is 4.90. The van der Waals surface area contributed by atoms with Crippen molar-refractivity contribution >= 4 is 34.2 Å². The number of carboxylic acid groups (broad SMARTS) is 1. The molecule has 0 unspecified atom stereocenters. The predicted molar refractivity (Wildman–Crippen MR) is 180 cm³/mol. The first-order valence-corrected chi connectivity index (χ1v) is 15.0. The molecule has 5 rings (SSSR count). The summed E-state index contributed by atoms with van der Waals surface area (Å²) in [6.07, 6.45) is 0.201. The lowest BCUT2D eigenvalue weighted by Gasteiger charge is -2.25. The molecule has 0 saturated heterocycles. The summed E-state index contributed by atoms with van der Waals surface area (Å²) >= 11 is 0. The fraction of sp³-hybridized carbons (Fsp3) is 0.184. The Morgan fingerprint density at radius 2 is 1.33 bits per heavy atom. The van der Waals surface area contributed by atoms with E-state index in [-0.39, 0.29) is 31.3 Å². The Morgan fingerprint density at radius 3 is 2.00 bits per heavy atom. The van der Waals surface area contributed by atoms with E-state index in [0.29, 0.717) is 40.2 Å². The second-order valence-corrected chi connectivity index (χ2v) is 10.8. The van der Waals surface area contributed by atoms with Crippen molar-refractivity contribution in [1.29, 1.82) is 0 Å². The van der Waals surface area contributed by atoms with Gasteiger partial charge in [-0.1, -0.05) is 72.8 Å². The Morgan fingerprint density at radius 1 is 0.696 bits per heavy atom. The zero-order valence-electron chi connectivity index (χ0n) is 26.1. The summed E-state index contributed by atoms with van der Waals surface area (Å²) in [6, 6.07) is 33.6. The summed E-state index contributed by atoms with van der Waals surface area (Å²) in [5.74, 6) is -0.253. The number of hydrogen-bond acceptors (Lipinski definition) is 5. The quantitative estimate of drug-likeness (QED) is 0.163. The number of methoxy groups -OCH3 is 2. The average Bonchev–Trinajstić information content (AvgIpc) is 3.10. The van der Waals surface area contributed by atoms with Gasteiger partial charge in [-0.05, 0) is 64.9 Å². The molecule has 0 spiro atoms. The van der Waals surface area contributed by atoms with Gasteiger partial charge in [-0.2, -0.15) is 0 Å². The molecular formula is C38H36N2O6. The van der Waals surface area contributed by atoms with Gasteiger partial charge in [0.25, 0.3) is 11.8 Å². The van der Waals surface area contributed by atoms with E-state index in [9.17, 15) is 19.5 Å². The van der Waals surface area contributed by atoms with Gasteiger partial charge >= 0.3 is 5.97 Å². The van der Waals surface area contributed by atoms with Crippen LogP contribution in [0.15, 0.2) is 109 Å². The SMILES string of the molecule is COc1ccc(OC)c(CCN(CCC(=O)O)C(=O)c2ccccc2-c2ccccc2C(=O)N(C)c2cccc3ccccc23)c1. The van der Waals surface area contributed by atoms with E-state index < -0.39 is 5.97 Å². The van der Waals surface area contributed by atoms with Crippen LogP contribution in [0.25, 0.3) is 21.9 Å². The molecule has 0 radical (unpaired) electrons. The van der Waals surface area contributed by atoms with Crippen LogP contribution in [0, 0.1) is 0 Å². The van der Waals surface area contributed by atoms with Crippen molar-refractivity contribution in [2.24, 2.45) is 0 Å². The molecule has 0 bridgehead atoms. The number of carboxylic acids is 1. The van der Waals surface area contributed by atoms with E-state index in [1.165, 1.54) is 0 Å². The molecule has 0 saturated carbocycles. The Bertz CT molecular complexity index is 1880. The maximum absolute atomic E-state index is 14.2. The largest absolute Gasteiger partial charge is 0.497 e. The van der Waals surface area contributed by atoms with Gasteiger partial charge in [0.15, 0.2) is 0 Å². The van der Waals surface area contributed by atoms with Crippen molar-refractivity contribution in [2.75, 3.05) is 39.3 Å². The van der Waals surface area contributed by atoms with Crippen molar-refractivity contribution in [3.8, 4) is 22.6 Å². The number of nitrogens with zero attached hydrogens (tertiary/aromatic N) is 2. The van der Waals surface area contributed by atoms with Gasteiger partial charge in [0.2, 0.25) is 0 Å². The van der Waals surface area contributed by atoms with Crippen molar-refractivity contribution < 1.29 is 29.0 Å². The highest BCUT2D eigenvalue weighted by Gasteiger charge is 2.25. The Hall–Kier alpha value is -5.63. The molecule has 0 fully saturated rings. The van der Waals surface area contributed by atoms with Crippen LogP contribution in [0.5, 0.6) is 11.5 Å². The van der Waals surface area contributed by atoms with Crippen molar-refractivity contribution in [3.05, 3.63) is 126 Å². The normalized spacial score (nSPS) is 10.8. The smallest absolute Gasteiger partial charge is 0.305 e. The van der Waals surface area contributed by atoms with Crippen LogP contribution in [0.4, 0.5) is 5.69 Å². The Labute approximate surface area is 268 Å². The first-order valence-electron chi connectivity index (χ1n) is 15.0. The fourth-order valence-corrected chi connectivity index (χ4v) is 5.65. The summed E-state index contributed by atoms with van der Waals surface area (Å²) in [5, 5.41) is 11.5. The minimum absolute atomic E-state index is 0.0131. The number of ether oxygens (including phenoxy) is 2. The van der Waals surface area contributed by atoms with Crippen LogP contribution in [0.2, 0.25) is 0 Å². The molecule has 5 aromatic rings. The number of rotatable bonds is 12. The molecule has 1 N–H and O–H groups in total. The van der Waals surface area contributed by atoms with E-state index in [0.717, 1.165) is 22.0 Å². The molecule has 8 heteroatoms. The maximum Gasteiger partial charge on any atom is 0.305 e. The van der Waals surface area contributed by atoms with E-state index in [2.05, 4.69) is 0 Å². The highest BCUT2D eigenvalue weighted by molar-refractivity contribution is 6.14. The average molecular weight is 617 g/mol. The van der Waals surface area contributed by atoms with Gasteiger partial charge in [-0.3, -0.25) is 14.4 Å². The highest BCUT2D eigenvalue weighted by atomic mass is 16.5. The summed E-state index contributed by atoms with van der Waals surface area (Å²) in [5.41, 5.74) is 3.61. The first-order chi connectivity index (χ1) is 22.3. The van der Waals surface area contributed by atoms with Gasteiger partial charge in [-0.15, -0.1) is 0 Å². The third-order valence-corrected chi connectivity index (χ3v) is 8.06. The minimum Gasteiger partial charge on any atom is -0.497 e. The molecule has 0 aliphatic rings. The van der Waals surface area contributed by atoms with Crippen molar-refractivity contribution in [2.45, 2.75) is 12.8 Å². The zero-order chi connectivity index (χ0) is 32.6. The van der Waals surface area contributed by atoms with Crippen LogP contribution in [-0.4, -0.2) is 62.1 Å². The zero-order valence-corrected chi connectivity index (χ0v) is 26.1. The summed E-state index contributed by atoms with van der Waals surface area (Å²) < 4.78 is 10.9. The molecule has 5 aromatic carbocycles. The van der Waals surface area contributed by atoms with E-state index in [1.807, 2.05) is 72.8 Å². The standard InChI is InChI=1S/C38H36N2O6/c1-39(34-18-10-12-26-11-4-5-13-29(26)34)37(43)32-16-8-6-14-30(32)31-15-7-9-17-33(31)38(44)40(24-22-36(41)42)23-21-27-25-28(45-2)19-20-35(27)46-3/h4-20,25H,21-24H2,1-3H3,(H,41,42). The predicted octanol–water partition coefficient (Wildman–Crippen LogP) is 6.96. The van der Waals surface area contributed by atoms with Gasteiger partial charge in [-0.25, -0.2) is 0 Å². The van der Waals surface area contributed by atoms with E-state index >= 15 is 0 Å². The van der Waals surface area contributed by atoms with Gasteiger partial charge in [0, 0.05) is 36.7 Å². The molecule has 46 heavy (non-hydrogen) atoms. The van der Waals surface area contributed by atoms with Gasteiger partial charge in [0.1, 0.15) is 11.5 Å². The van der Waals surface area contributed by atoms with Crippen LogP contribution in [0.1, 0.15) is 32.7 Å². The molecule has 2 amide bonds. The van der Waals surface area contributed by atoms with Gasteiger partial charge < -0.3 is 24.4 Å². The fourth-order valence-electron chi connectivity index (χ4n) is 5.65. The number of carbonyl (C=O) groups is 3. The van der Waals surface area contributed by atoms with Crippen LogP contribution >= 0.6 is 0 Å². The number of aliphatic carboxylic acids is 1. The topological polar surface area (TPSA) is 96.4 Å². The van der Waals surface area contributed by atoms with E-state index in [1.54, 1.807) is 67.5 Å². The summed E-state index contributed by atoms with van der Waals surface area (Å²) in [6.45, 7) is 0.257. The number of carbonyl (C=O) groups excluding carboxylic acids is 2. The molecule has 234 valence electrons. The lowest BCUT2D eigenvalue weighted by Crippen LogP contribution is -2.35. The molecule has 0 aromatic heterocycles. The van der Waals surface area contributed by atoms with Crippen LogP contribution in [-0.2, 0) is 11.2 Å². The first kappa shape index (κ1) is 31.8. The maximum atomic E-state index is 14.2. The second kappa shape index (κ2) is 14.4. The monoisotopic (exact) mass is 616 g/mol. The number of amides is 2.